The number of hydrogen-bond acceptors (Lipinski definition) is 4. The van der Waals surface area contributed by atoms with Gasteiger partial charge in [-0.05, 0) is 0 Å². The maximum absolute atomic E-state index is 8.55. The van der Waals surface area contributed by atoms with Crippen LogP contribution in [-0.4, -0.2) is 0 Å². The molecular weight excluding hydrogens is 534 g/mol. The summed E-state index contributed by atoms with van der Waals surface area (Å²) in [6.45, 7) is 0.104. The Bertz CT molecular complexity index is 99.0. The summed E-state index contributed by atoms with van der Waals surface area (Å²) in [4.78, 5) is 25.6. The topological polar surface area (TPSA) is 86.2 Å². The van der Waals surface area contributed by atoms with Crippen LogP contribution in [0.3, 0.4) is 0 Å². The fraction of sp³-hybridized carbons (Fsp3) is 0. The maximum atomic E-state index is 8.55. The van der Waals surface area contributed by atoms with Crippen molar-refractivity contribution in [1.29, 1.82) is 0 Å². The van der Waals surface area contributed by atoms with Crippen LogP contribution in [0.4, 0.5) is 0 Å². The Hall–Kier alpha value is 3.71. The van der Waals surface area contributed by atoms with Gasteiger partial charge in [0.25, 0.3) is 0 Å². The molecule has 0 aliphatic rings. The van der Waals surface area contributed by atoms with E-state index in [1.807, 2.05) is 0 Å². The van der Waals surface area contributed by atoms with Gasteiger partial charge in [0, 0.05) is 0 Å². The second-order valence-corrected chi connectivity index (χ2v) is 12.9. The molecule has 0 bridgehead atoms. The molecule has 0 radical (unpaired) electrons. The molecule has 0 N–H and O–H groups in total. The molecule has 0 aliphatic heterocycles. The summed E-state index contributed by atoms with van der Waals surface area (Å²) < 4.78 is 8.55. The van der Waals surface area contributed by atoms with Crippen molar-refractivity contribution in [1.82, 2.24) is 0 Å². The molecule has 0 aliphatic carbocycles. The van der Waals surface area contributed by atoms with Gasteiger partial charge in [-0.25, -0.2) is 0 Å². The van der Waals surface area contributed by atoms with Crippen LogP contribution in [0, 0.1) is 0 Å². The molecule has 0 spiro atoms. The van der Waals surface area contributed by atoms with E-state index in [1.54, 1.807) is 0 Å². The highest BCUT2D eigenvalue weighted by Gasteiger charge is 1.56. The largest absolute Gasteiger partial charge is 0.822 e. The number of phosphoric acid groups is 1. The number of halogens is 6. The second-order valence-electron chi connectivity index (χ2n) is 0.695. The third-order valence-electron chi connectivity index (χ3n) is 0. The zero-order valence-electron chi connectivity index (χ0n) is 6.08. The lowest BCUT2D eigenvalue weighted by Crippen LogP contribution is -2.24. The van der Waals surface area contributed by atoms with Gasteiger partial charge >= 0.3 is 0 Å². The van der Waals surface area contributed by atoms with Crippen LogP contribution in [0.5, 0.6) is 0 Å². The van der Waals surface area contributed by atoms with Crippen molar-refractivity contribution in [2.75, 3.05) is 0 Å². The smallest absolute Gasteiger partial charge is 0.157 e. The Morgan fingerprint density at radius 1 is 0.857 bits per heavy atom. The molecule has 14 heavy (non-hydrogen) atoms. The highest BCUT2D eigenvalue weighted by Crippen LogP contribution is 2.24. The van der Waals surface area contributed by atoms with Crippen molar-refractivity contribution in [3.63, 3.8) is 0 Å². The van der Waals surface area contributed by atoms with Gasteiger partial charge in [0.1, 0.15) is 0 Å². The molecule has 3 unspecified atom stereocenters. The lowest BCUT2D eigenvalue weighted by Gasteiger charge is -2.36. The van der Waals surface area contributed by atoms with E-state index >= 15 is 0 Å². The van der Waals surface area contributed by atoms with Gasteiger partial charge in [-0.15, -0.1) is 0 Å². The number of hydrogen-bond donors (Lipinski definition) is 0. The van der Waals surface area contributed by atoms with Gasteiger partial charge in [-0.2, -0.15) is 7.82 Å². The quantitative estimate of drug-likeness (QED) is 0.443. The molecule has 0 fully saturated rings. The van der Waals surface area contributed by atoms with Crippen LogP contribution in [0.2, 0.25) is 0 Å². The number of rotatable bonds is 0. The third kappa shape index (κ3) is 247. The normalized spacial score (nSPS) is 10.6. The van der Waals surface area contributed by atoms with Gasteiger partial charge in [0.15, 0.2) is 66.4 Å². The monoisotopic (exact) mass is 536 g/mol. The first-order valence-electron chi connectivity index (χ1n) is 2.04. The molecular formula is H6Br3Cl3O4P4. The van der Waals surface area contributed by atoms with Crippen molar-refractivity contribution in [3.05, 3.63) is 0 Å². The zero-order valence-corrected chi connectivity index (χ0v) is 17.5. The lowest BCUT2D eigenvalue weighted by atomic mass is 15.8. The van der Waals surface area contributed by atoms with Crippen molar-refractivity contribution in [3.8, 4) is 0 Å². The Kier molecular flexibility index (Phi) is 48.0. The summed E-state index contributed by atoms with van der Waals surface area (Å²) >= 11 is 24.0. The standard InChI is InChI=1S/3BrClHP.H3O4P/c3*1-3-2;1-5(2,3)4/h3*3H;(H3,1,2,3,4). The van der Waals surface area contributed by atoms with Gasteiger partial charge in [-0.1, -0.05) is 0 Å². The first-order chi connectivity index (χ1) is 6.24. The molecule has 0 rings (SSSR count). The van der Waals surface area contributed by atoms with Crippen LogP contribution in [0.1, 0.15) is 0 Å². The molecule has 0 amide bonds. The maximum Gasteiger partial charge on any atom is 0.157 e. The highest BCUT2D eigenvalue weighted by molar-refractivity contribution is 9.39. The molecule has 0 saturated carbocycles. The van der Waals surface area contributed by atoms with Crippen molar-refractivity contribution in [2.45, 2.75) is 0 Å². The van der Waals surface area contributed by atoms with E-state index in [0.29, 0.717) is 0 Å². The minimum Gasteiger partial charge on any atom is -0.822 e. The summed E-state index contributed by atoms with van der Waals surface area (Å²) in [5.74, 6) is 0. The van der Waals surface area contributed by atoms with Crippen molar-refractivity contribution >= 4 is 108 Å². The average molecular weight is 540 g/mol. The summed E-state index contributed by atoms with van der Waals surface area (Å²) in [6.07, 6.45) is 0. The molecule has 0 aromatic heterocycles. The molecule has 0 aromatic rings. The van der Waals surface area contributed by atoms with Crippen LogP contribution in [0.15, 0.2) is 0 Å². The SMILES string of the molecule is Cl[PH2+]Br.Cl[PH2+]Br.Cl[PH2+]Br.O=P([O-])([O-])[O-]. The molecule has 4 nitrogen and oxygen atoms in total. The van der Waals surface area contributed by atoms with Crippen LogP contribution >= 0.6 is 108 Å². The molecule has 14 heteroatoms. The van der Waals surface area contributed by atoms with Gasteiger partial charge in [-0.3, -0.25) is 0 Å². The van der Waals surface area contributed by atoms with E-state index in [1.165, 1.54) is 0 Å². The van der Waals surface area contributed by atoms with Crippen molar-refractivity contribution < 1.29 is 19.2 Å². The zero-order chi connectivity index (χ0) is 12.6. The van der Waals surface area contributed by atoms with E-state index in [9.17, 15) is 0 Å². The minimum absolute atomic E-state index is 0.0347. The fourth-order valence-corrected chi connectivity index (χ4v) is 0. The third-order valence-corrected chi connectivity index (χ3v) is 0. The summed E-state index contributed by atoms with van der Waals surface area (Å²) in [5, 5.41) is 0. The van der Waals surface area contributed by atoms with Crippen LogP contribution in [0.25, 0.3) is 0 Å². The predicted octanol–water partition coefficient (Wildman–Crippen LogP) is 2.76. The lowest BCUT2D eigenvalue weighted by molar-refractivity contribution is -0.432. The molecule has 92 valence electrons. The Balaban J connectivity index is -0.0000000495. The Morgan fingerprint density at radius 2 is 0.857 bits per heavy atom. The molecule has 0 saturated heterocycles. The molecule has 0 heterocycles. The van der Waals surface area contributed by atoms with E-state index in [-0.39, 0.29) is 19.9 Å². The Labute approximate surface area is 126 Å². The molecule has 3 atom stereocenters. The summed E-state index contributed by atoms with van der Waals surface area (Å²) in [6, 6.07) is 0. The van der Waals surface area contributed by atoms with Crippen molar-refractivity contribution in [2.24, 2.45) is 0 Å². The van der Waals surface area contributed by atoms with Crippen LogP contribution < -0.4 is 14.7 Å². The Morgan fingerprint density at radius 3 is 0.857 bits per heavy atom. The minimum atomic E-state index is -5.39. The fourth-order valence-electron chi connectivity index (χ4n) is 0. The highest BCUT2D eigenvalue weighted by atomic mass is 79.9. The molecule has 0 aromatic carbocycles. The second kappa shape index (κ2) is 25.5. The van der Waals surface area contributed by atoms with E-state index < -0.39 is 7.82 Å². The predicted molar refractivity (Wildman–Crippen MR) is 81.1 cm³/mol. The van der Waals surface area contributed by atoms with Crippen LogP contribution in [-0.2, 0) is 4.57 Å². The van der Waals surface area contributed by atoms with E-state index in [0.717, 1.165) is 0 Å². The van der Waals surface area contributed by atoms with Gasteiger partial charge in [0.05, 0.1) is 33.7 Å². The van der Waals surface area contributed by atoms with E-state index in [4.69, 9.17) is 53.0 Å². The first-order valence-corrected chi connectivity index (χ1v) is 18.3. The van der Waals surface area contributed by atoms with E-state index in [2.05, 4.69) is 46.5 Å². The summed E-state index contributed by atoms with van der Waals surface area (Å²) in [5.41, 5.74) is 0. The van der Waals surface area contributed by atoms with Gasteiger partial charge < -0.3 is 19.2 Å². The average Bonchev–Trinajstić information content (AvgIpc) is 1.86. The first kappa shape index (κ1) is 26.3. The summed E-state index contributed by atoms with van der Waals surface area (Å²) in [7, 11) is -5.39. The van der Waals surface area contributed by atoms with Gasteiger partial charge in [0.2, 0.25) is 0 Å².